The zero-order chi connectivity index (χ0) is 13.3. The number of carbonyl (C=O) groups excluding carboxylic acids is 1. The molecule has 1 aliphatic carbocycles. The van der Waals surface area contributed by atoms with E-state index in [4.69, 9.17) is 4.74 Å². The molecule has 0 aromatic heterocycles. The van der Waals surface area contributed by atoms with Gasteiger partial charge in [-0.2, -0.15) is 0 Å². The van der Waals surface area contributed by atoms with Gasteiger partial charge in [-0.25, -0.2) is 8.78 Å². The molecule has 5 heteroatoms. The second-order valence-corrected chi connectivity index (χ2v) is 4.34. The van der Waals surface area contributed by atoms with Crippen LogP contribution in [0.4, 0.5) is 8.78 Å². The highest BCUT2D eigenvalue weighted by Crippen LogP contribution is 2.45. The van der Waals surface area contributed by atoms with E-state index in [2.05, 4.69) is 4.74 Å². The molecule has 1 unspecified atom stereocenters. The van der Waals surface area contributed by atoms with Gasteiger partial charge in [-0.05, 0) is 18.8 Å². The van der Waals surface area contributed by atoms with Gasteiger partial charge in [0.15, 0.2) is 0 Å². The molecule has 0 saturated heterocycles. The third kappa shape index (κ3) is 2.30. The minimum absolute atomic E-state index is 0.0326. The fourth-order valence-electron chi connectivity index (χ4n) is 2.08. The van der Waals surface area contributed by atoms with E-state index in [1.807, 2.05) is 0 Å². The highest BCUT2D eigenvalue weighted by atomic mass is 19.1. The largest absolute Gasteiger partial charge is 0.497 e. The second-order valence-electron chi connectivity index (χ2n) is 4.34. The molecule has 0 radical (unpaired) electrons. The Morgan fingerprint density at radius 3 is 2.22 bits per heavy atom. The lowest BCUT2D eigenvalue weighted by Crippen LogP contribution is -2.19. The number of methoxy groups -OCH3 is 2. The lowest BCUT2D eigenvalue weighted by molar-refractivity contribution is -0.143. The zero-order valence-corrected chi connectivity index (χ0v) is 10.2. The Bertz CT molecular complexity index is 446. The molecule has 1 aliphatic rings. The molecule has 1 aromatic carbocycles. The van der Waals surface area contributed by atoms with Crippen molar-refractivity contribution in [1.29, 1.82) is 0 Å². The van der Waals surface area contributed by atoms with Crippen LogP contribution in [0.1, 0.15) is 24.3 Å². The zero-order valence-electron chi connectivity index (χ0n) is 10.2. The van der Waals surface area contributed by atoms with Crippen LogP contribution in [-0.2, 0) is 9.53 Å². The van der Waals surface area contributed by atoms with Gasteiger partial charge in [-0.15, -0.1) is 0 Å². The van der Waals surface area contributed by atoms with Crippen LogP contribution in [0.25, 0.3) is 0 Å². The first-order valence-corrected chi connectivity index (χ1v) is 5.69. The summed E-state index contributed by atoms with van der Waals surface area (Å²) in [6, 6.07) is 2.16. The maximum atomic E-state index is 13.9. The highest BCUT2D eigenvalue weighted by Gasteiger charge is 2.41. The fourth-order valence-corrected chi connectivity index (χ4v) is 2.08. The maximum Gasteiger partial charge on any atom is 0.313 e. The van der Waals surface area contributed by atoms with Crippen LogP contribution in [0.15, 0.2) is 12.1 Å². The summed E-state index contributed by atoms with van der Waals surface area (Å²) in [4.78, 5) is 11.7. The average molecular weight is 256 g/mol. The molecule has 18 heavy (non-hydrogen) atoms. The number of hydrogen-bond acceptors (Lipinski definition) is 3. The normalized spacial score (nSPS) is 16.2. The van der Waals surface area contributed by atoms with Crippen molar-refractivity contribution >= 4 is 5.97 Å². The predicted octanol–water partition coefficient (Wildman–Crippen LogP) is 2.64. The van der Waals surface area contributed by atoms with E-state index in [1.54, 1.807) is 0 Å². The van der Waals surface area contributed by atoms with E-state index in [1.165, 1.54) is 14.2 Å². The number of esters is 1. The van der Waals surface area contributed by atoms with Crippen molar-refractivity contribution in [3.63, 3.8) is 0 Å². The standard InChI is InChI=1S/C13H14F2O3/c1-17-8-5-9(14)12(10(15)6-8)11(7-3-4-7)13(16)18-2/h5-7,11H,3-4H2,1-2H3. The summed E-state index contributed by atoms with van der Waals surface area (Å²) in [7, 11) is 2.55. The van der Waals surface area contributed by atoms with Crippen molar-refractivity contribution in [2.75, 3.05) is 14.2 Å². The summed E-state index contributed by atoms with van der Waals surface area (Å²) in [6.45, 7) is 0. The molecule has 2 rings (SSSR count). The third-order valence-electron chi connectivity index (χ3n) is 3.15. The number of carbonyl (C=O) groups is 1. The van der Waals surface area contributed by atoms with E-state index in [9.17, 15) is 13.6 Å². The lowest BCUT2D eigenvalue weighted by atomic mass is 9.93. The summed E-state index contributed by atoms with van der Waals surface area (Å²) in [6.07, 6.45) is 1.56. The number of ether oxygens (including phenoxy) is 2. The number of benzene rings is 1. The smallest absolute Gasteiger partial charge is 0.313 e. The first-order chi connectivity index (χ1) is 8.58. The Balaban J connectivity index is 2.44. The van der Waals surface area contributed by atoms with Gasteiger partial charge in [0.25, 0.3) is 0 Å². The molecule has 0 N–H and O–H groups in total. The van der Waals surface area contributed by atoms with E-state index in [0.717, 1.165) is 25.0 Å². The Labute approximate surface area is 104 Å². The molecule has 1 aromatic rings. The van der Waals surface area contributed by atoms with E-state index in [-0.39, 0.29) is 17.2 Å². The Hall–Kier alpha value is -1.65. The van der Waals surface area contributed by atoms with Crippen molar-refractivity contribution in [1.82, 2.24) is 0 Å². The van der Waals surface area contributed by atoms with Crippen LogP contribution >= 0.6 is 0 Å². The van der Waals surface area contributed by atoms with Crippen LogP contribution in [0.5, 0.6) is 5.75 Å². The quantitative estimate of drug-likeness (QED) is 0.777. The topological polar surface area (TPSA) is 35.5 Å². The molecule has 0 spiro atoms. The summed E-state index contributed by atoms with van der Waals surface area (Å²) < 4.78 is 37.2. The van der Waals surface area contributed by atoms with E-state index < -0.39 is 23.5 Å². The van der Waals surface area contributed by atoms with Crippen LogP contribution in [0.2, 0.25) is 0 Å². The average Bonchev–Trinajstić information content (AvgIpc) is 3.16. The molecule has 0 amide bonds. The first kappa shape index (κ1) is 12.8. The molecule has 0 bridgehead atoms. The second kappa shape index (κ2) is 4.92. The molecule has 0 aliphatic heterocycles. The third-order valence-corrected chi connectivity index (χ3v) is 3.15. The Kier molecular flexibility index (Phi) is 3.50. The minimum Gasteiger partial charge on any atom is -0.497 e. The summed E-state index contributed by atoms with van der Waals surface area (Å²) in [5.74, 6) is -2.94. The van der Waals surface area contributed by atoms with Gasteiger partial charge in [-0.3, -0.25) is 4.79 Å². The highest BCUT2D eigenvalue weighted by molar-refractivity contribution is 5.79. The van der Waals surface area contributed by atoms with Crippen molar-refractivity contribution in [3.05, 3.63) is 29.3 Å². The molecule has 98 valence electrons. The Morgan fingerprint density at radius 1 is 1.28 bits per heavy atom. The maximum absolute atomic E-state index is 13.9. The van der Waals surface area contributed by atoms with Crippen molar-refractivity contribution < 1.29 is 23.0 Å². The Morgan fingerprint density at radius 2 is 1.83 bits per heavy atom. The molecule has 3 nitrogen and oxygen atoms in total. The van der Waals surface area contributed by atoms with Gasteiger partial charge in [0.2, 0.25) is 0 Å². The fraction of sp³-hybridized carbons (Fsp3) is 0.462. The van der Waals surface area contributed by atoms with Gasteiger partial charge < -0.3 is 9.47 Å². The summed E-state index contributed by atoms with van der Waals surface area (Å²) >= 11 is 0. The molecular weight excluding hydrogens is 242 g/mol. The molecular formula is C13H14F2O3. The predicted molar refractivity (Wildman–Crippen MR) is 60.4 cm³/mol. The summed E-state index contributed by atoms with van der Waals surface area (Å²) in [5.41, 5.74) is -0.217. The number of hydrogen-bond donors (Lipinski definition) is 0. The molecule has 1 atom stereocenters. The monoisotopic (exact) mass is 256 g/mol. The van der Waals surface area contributed by atoms with Crippen LogP contribution in [-0.4, -0.2) is 20.2 Å². The molecule has 1 fully saturated rings. The van der Waals surface area contributed by atoms with Crippen LogP contribution < -0.4 is 4.74 Å². The SMILES string of the molecule is COC(=O)C(c1c(F)cc(OC)cc1F)C1CC1. The molecule has 0 heterocycles. The number of halogens is 2. The van der Waals surface area contributed by atoms with Gasteiger partial charge in [0.05, 0.1) is 20.1 Å². The van der Waals surface area contributed by atoms with Gasteiger partial charge in [-0.1, -0.05) is 0 Å². The summed E-state index contributed by atoms with van der Waals surface area (Å²) in [5, 5.41) is 0. The molecule has 1 saturated carbocycles. The van der Waals surface area contributed by atoms with Gasteiger partial charge in [0.1, 0.15) is 17.4 Å². The van der Waals surface area contributed by atoms with E-state index >= 15 is 0 Å². The van der Waals surface area contributed by atoms with Crippen molar-refractivity contribution in [3.8, 4) is 5.75 Å². The van der Waals surface area contributed by atoms with Crippen molar-refractivity contribution in [2.45, 2.75) is 18.8 Å². The van der Waals surface area contributed by atoms with Gasteiger partial charge in [0, 0.05) is 17.7 Å². The minimum atomic E-state index is -0.860. The van der Waals surface area contributed by atoms with Gasteiger partial charge >= 0.3 is 5.97 Å². The van der Waals surface area contributed by atoms with E-state index in [0.29, 0.717) is 0 Å². The number of rotatable bonds is 4. The van der Waals surface area contributed by atoms with Crippen LogP contribution in [0.3, 0.4) is 0 Å². The van der Waals surface area contributed by atoms with Crippen LogP contribution in [0, 0.1) is 17.6 Å². The first-order valence-electron chi connectivity index (χ1n) is 5.69. The van der Waals surface area contributed by atoms with Crippen molar-refractivity contribution in [2.24, 2.45) is 5.92 Å². The lowest BCUT2D eigenvalue weighted by Gasteiger charge is -2.16.